The van der Waals surface area contributed by atoms with E-state index < -0.39 is 6.09 Å². The van der Waals surface area contributed by atoms with Crippen molar-refractivity contribution in [2.24, 2.45) is 5.92 Å². The first kappa shape index (κ1) is 10.6. The first-order chi connectivity index (χ1) is 6.72. The van der Waals surface area contributed by atoms with Gasteiger partial charge in [0, 0.05) is 12.1 Å². The number of hydrogen-bond donors (Lipinski definition) is 2. The smallest absolute Gasteiger partial charge is 0.404 e. The van der Waals surface area contributed by atoms with Crippen LogP contribution in [0.4, 0.5) is 4.79 Å². The lowest BCUT2D eigenvalue weighted by molar-refractivity contribution is 0.184. The Morgan fingerprint density at radius 3 is 2.57 bits per heavy atom. The van der Waals surface area contributed by atoms with Gasteiger partial charge < -0.3 is 10.4 Å². The van der Waals surface area contributed by atoms with Crippen molar-refractivity contribution in [3.05, 3.63) is 12.2 Å². The van der Waals surface area contributed by atoms with Crippen LogP contribution >= 0.6 is 0 Å². The number of nitrogens with one attached hydrogen (secondary N) is 1. The summed E-state index contributed by atoms with van der Waals surface area (Å²) >= 11 is 0. The Morgan fingerprint density at radius 1 is 1.43 bits per heavy atom. The molecule has 1 fully saturated rings. The van der Waals surface area contributed by atoms with Gasteiger partial charge in [-0.2, -0.15) is 5.26 Å². The van der Waals surface area contributed by atoms with Crippen LogP contribution in [-0.4, -0.2) is 17.2 Å². The summed E-state index contributed by atoms with van der Waals surface area (Å²) in [5.74, 6) is 0.446. The number of amides is 1. The molecule has 0 saturated heterocycles. The second-order valence-electron chi connectivity index (χ2n) is 3.55. The van der Waals surface area contributed by atoms with Crippen LogP contribution in [0.5, 0.6) is 0 Å². The van der Waals surface area contributed by atoms with Crippen LogP contribution in [-0.2, 0) is 0 Å². The van der Waals surface area contributed by atoms with Gasteiger partial charge in [0.1, 0.15) is 0 Å². The van der Waals surface area contributed by atoms with Crippen LogP contribution in [0.2, 0.25) is 0 Å². The zero-order valence-corrected chi connectivity index (χ0v) is 7.94. The van der Waals surface area contributed by atoms with Gasteiger partial charge in [-0.25, -0.2) is 4.79 Å². The number of rotatable bonds is 2. The number of nitrogens with zero attached hydrogens (tertiary/aromatic N) is 1. The molecule has 76 valence electrons. The molecule has 0 heterocycles. The van der Waals surface area contributed by atoms with Gasteiger partial charge in [-0.15, -0.1) is 0 Å². The minimum atomic E-state index is -0.944. The Morgan fingerprint density at radius 2 is 2.07 bits per heavy atom. The molecule has 14 heavy (non-hydrogen) atoms. The molecule has 1 saturated carbocycles. The van der Waals surface area contributed by atoms with E-state index >= 15 is 0 Å². The minimum Gasteiger partial charge on any atom is -0.465 e. The summed E-state index contributed by atoms with van der Waals surface area (Å²) in [5.41, 5.74) is 0. The molecule has 0 aromatic rings. The summed E-state index contributed by atoms with van der Waals surface area (Å²) in [6, 6.07) is 2.06. The lowest BCUT2D eigenvalue weighted by Gasteiger charge is -2.26. The zero-order valence-electron chi connectivity index (χ0n) is 7.94. The van der Waals surface area contributed by atoms with Gasteiger partial charge in [0.05, 0.1) is 6.07 Å². The van der Waals surface area contributed by atoms with E-state index in [2.05, 4.69) is 5.32 Å². The Balaban J connectivity index is 2.28. The lowest BCUT2D eigenvalue weighted by atomic mass is 9.86. The van der Waals surface area contributed by atoms with E-state index in [1.807, 2.05) is 12.1 Å². The van der Waals surface area contributed by atoms with Crippen LogP contribution in [0.3, 0.4) is 0 Å². The van der Waals surface area contributed by atoms with Gasteiger partial charge in [-0.1, -0.05) is 6.08 Å². The first-order valence-electron chi connectivity index (χ1n) is 4.78. The molecule has 0 atom stereocenters. The maximum Gasteiger partial charge on any atom is 0.404 e. The van der Waals surface area contributed by atoms with Gasteiger partial charge in [-0.3, -0.25) is 0 Å². The van der Waals surface area contributed by atoms with Crippen molar-refractivity contribution in [3.63, 3.8) is 0 Å². The maximum absolute atomic E-state index is 10.4. The molecule has 1 rings (SSSR count). The third-order valence-corrected chi connectivity index (χ3v) is 2.54. The SMILES string of the molecule is N#CC=CC1CCC(NC(=O)O)CC1. The van der Waals surface area contributed by atoms with Crippen molar-refractivity contribution in [2.45, 2.75) is 31.7 Å². The fourth-order valence-corrected chi connectivity index (χ4v) is 1.81. The normalized spacial score (nSPS) is 27.1. The van der Waals surface area contributed by atoms with E-state index in [9.17, 15) is 4.79 Å². The molecule has 0 bridgehead atoms. The lowest BCUT2D eigenvalue weighted by Crippen LogP contribution is -2.36. The topological polar surface area (TPSA) is 73.1 Å². The average Bonchev–Trinajstić information content (AvgIpc) is 2.16. The highest BCUT2D eigenvalue weighted by Crippen LogP contribution is 2.25. The number of allylic oxidation sites excluding steroid dienone is 2. The minimum absolute atomic E-state index is 0.0965. The van der Waals surface area contributed by atoms with Crippen molar-refractivity contribution in [2.75, 3.05) is 0 Å². The number of carbonyl (C=O) groups is 1. The van der Waals surface area contributed by atoms with E-state index in [0.29, 0.717) is 5.92 Å². The molecule has 0 radical (unpaired) electrons. The maximum atomic E-state index is 10.4. The quantitative estimate of drug-likeness (QED) is 0.659. The summed E-state index contributed by atoms with van der Waals surface area (Å²) < 4.78 is 0. The molecular formula is C10H14N2O2. The highest BCUT2D eigenvalue weighted by molar-refractivity contribution is 5.64. The number of hydrogen-bond acceptors (Lipinski definition) is 2. The van der Waals surface area contributed by atoms with E-state index in [4.69, 9.17) is 10.4 Å². The zero-order chi connectivity index (χ0) is 10.4. The van der Waals surface area contributed by atoms with Crippen LogP contribution in [0.15, 0.2) is 12.2 Å². The predicted molar refractivity (Wildman–Crippen MR) is 51.7 cm³/mol. The molecule has 1 amide bonds. The van der Waals surface area contributed by atoms with E-state index in [0.717, 1.165) is 25.7 Å². The van der Waals surface area contributed by atoms with Gasteiger partial charge >= 0.3 is 6.09 Å². The van der Waals surface area contributed by atoms with Crippen molar-refractivity contribution < 1.29 is 9.90 Å². The van der Waals surface area contributed by atoms with Gasteiger partial charge in [0.15, 0.2) is 0 Å². The fourth-order valence-electron chi connectivity index (χ4n) is 1.81. The second kappa shape index (κ2) is 5.28. The Labute approximate surface area is 83.2 Å². The molecule has 4 nitrogen and oxygen atoms in total. The molecule has 0 aliphatic heterocycles. The molecule has 0 aromatic carbocycles. The molecule has 2 N–H and O–H groups in total. The first-order valence-corrected chi connectivity index (χ1v) is 4.78. The number of nitriles is 1. The highest BCUT2D eigenvalue weighted by atomic mass is 16.4. The van der Waals surface area contributed by atoms with Crippen LogP contribution in [0.1, 0.15) is 25.7 Å². The molecule has 0 aromatic heterocycles. The number of carboxylic acid groups (broad SMARTS) is 1. The standard InChI is InChI=1S/C10H14N2O2/c11-7-1-2-8-3-5-9(6-4-8)12-10(13)14/h1-2,8-9,12H,3-6H2,(H,13,14). The summed E-state index contributed by atoms with van der Waals surface area (Å²) in [6.07, 6.45) is 6.14. The highest BCUT2D eigenvalue weighted by Gasteiger charge is 2.20. The van der Waals surface area contributed by atoms with Crippen LogP contribution < -0.4 is 5.32 Å². The van der Waals surface area contributed by atoms with Crippen molar-refractivity contribution in [1.29, 1.82) is 5.26 Å². The van der Waals surface area contributed by atoms with Gasteiger partial charge in [0.25, 0.3) is 0 Å². The van der Waals surface area contributed by atoms with Crippen molar-refractivity contribution in [1.82, 2.24) is 5.32 Å². The summed E-state index contributed by atoms with van der Waals surface area (Å²) in [7, 11) is 0. The summed E-state index contributed by atoms with van der Waals surface area (Å²) in [6.45, 7) is 0. The third-order valence-electron chi connectivity index (χ3n) is 2.54. The molecule has 0 unspecified atom stereocenters. The molecule has 1 aliphatic rings. The molecular weight excluding hydrogens is 180 g/mol. The Kier molecular flexibility index (Phi) is 3.99. The molecule has 0 spiro atoms. The van der Waals surface area contributed by atoms with Gasteiger partial charge in [0.2, 0.25) is 0 Å². The van der Waals surface area contributed by atoms with E-state index in [1.54, 1.807) is 0 Å². The molecule has 4 heteroatoms. The summed E-state index contributed by atoms with van der Waals surface area (Å²) in [4.78, 5) is 10.4. The molecule has 1 aliphatic carbocycles. The average molecular weight is 194 g/mol. The van der Waals surface area contributed by atoms with Crippen molar-refractivity contribution in [3.8, 4) is 6.07 Å². The fraction of sp³-hybridized carbons (Fsp3) is 0.600. The van der Waals surface area contributed by atoms with Crippen molar-refractivity contribution >= 4 is 6.09 Å². The predicted octanol–water partition coefficient (Wildman–Crippen LogP) is 1.89. The monoisotopic (exact) mass is 194 g/mol. The van der Waals surface area contributed by atoms with Gasteiger partial charge in [-0.05, 0) is 31.6 Å². The third kappa shape index (κ3) is 3.48. The largest absolute Gasteiger partial charge is 0.465 e. The van der Waals surface area contributed by atoms with E-state index in [-0.39, 0.29) is 6.04 Å². The van der Waals surface area contributed by atoms with Crippen LogP contribution in [0.25, 0.3) is 0 Å². The Hall–Kier alpha value is -1.50. The Bertz CT molecular complexity index is 260. The van der Waals surface area contributed by atoms with E-state index in [1.165, 1.54) is 6.08 Å². The second-order valence-corrected chi connectivity index (χ2v) is 3.55. The van der Waals surface area contributed by atoms with Crippen LogP contribution in [0, 0.1) is 17.2 Å². The summed E-state index contributed by atoms with van der Waals surface area (Å²) in [5, 5.41) is 19.3.